The van der Waals surface area contributed by atoms with Crippen LogP contribution in [0.2, 0.25) is 0 Å². The molecule has 1 unspecified atom stereocenters. The Morgan fingerprint density at radius 2 is 1.91 bits per heavy atom. The monoisotopic (exact) mass is 451 g/mol. The molecule has 0 radical (unpaired) electrons. The molecule has 1 atom stereocenters. The molecular weight excluding hydrogens is 421 g/mol. The number of hydrogen-bond donors (Lipinski definition) is 1. The van der Waals surface area contributed by atoms with Crippen molar-refractivity contribution in [2.75, 3.05) is 37.6 Å². The van der Waals surface area contributed by atoms with Gasteiger partial charge in [-0.05, 0) is 37.6 Å². The molecule has 1 aliphatic rings. The summed E-state index contributed by atoms with van der Waals surface area (Å²) in [5, 5.41) is 6.91. The van der Waals surface area contributed by atoms with E-state index >= 15 is 0 Å². The lowest BCUT2D eigenvalue weighted by Crippen LogP contribution is -2.52. The van der Waals surface area contributed by atoms with Gasteiger partial charge in [0, 0.05) is 62.9 Å². The maximum Gasteiger partial charge on any atom is 0.227 e. The highest BCUT2D eigenvalue weighted by Gasteiger charge is 2.21. The van der Waals surface area contributed by atoms with E-state index in [9.17, 15) is 9.18 Å². The van der Waals surface area contributed by atoms with Crippen LogP contribution in [0.25, 0.3) is 11.4 Å². The van der Waals surface area contributed by atoms with Gasteiger partial charge in [0.15, 0.2) is 0 Å². The Morgan fingerprint density at radius 3 is 2.64 bits per heavy atom. The SMILES string of the molecule is Cc1ccc(-c2noc(CCC(=O)NCC(C)N3CCN(c4ccccc4)CC3)n2)cc1F. The van der Waals surface area contributed by atoms with Crippen LogP contribution in [0.15, 0.2) is 53.1 Å². The first-order chi connectivity index (χ1) is 16.0. The van der Waals surface area contributed by atoms with Crippen molar-refractivity contribution in [3.05, 3.63) is 65.8 Å². The van der Waals surface area contributed by atoms with Gasteiger partial charge in [0.05, 0.1) is 0 Å². The average Bonchev–Trinajstić information content (AvgIpc) is 3.33. The van der Waals surface area contributed by atoms with Crippen molar-refractivity contribution >= 4 is 11.6 Å². The molecule has 2 aromatic carbocycles. The number of carbonyl (C=O) groups excluding carboxylic acids is 1. The Morgan fingerprint density at radius 1 is 1.15 bits per heavy atom. The van der Waals surface area contributed by atoms with Gasteiger partial charge < -0.3 is 14.7 Å². The Bertz CT molecular complexity index is 1060. The minimum Gasteiger partial charge on any atom is -0.369 e. The first kappa shape index (κ1) is 22.9. The normalized spacial score (nSPS) is 15.4. The topological polar surface area (TPSA) is 74.5 Å². The number of benzene rings is 2. The van der Waals surface area contributed by atoms with Gasteiger partial charge in [0.25, 0.3) is 0 Å². The zero-order valence-electron chi connectivity index (χ0n) is 19.1. The number of para-hydroxylation sites is 1. The van der Waals surface area contributed by atoms with E-state index in [0.29, 0.717) is 35.8 Å². The van der Waals surface area contributed by atoms with Crippen LogP contribution in [0, 0.1) is 12.7 Å². The molecule has 174 valence electrons. The first-order valence-corrected chi connectivity index (χ1v) is 11.4. The van der Waals surface area contributed by atoms with E-state index in [1.807, 2.05) is 6.07 Å². The van der Waals surface area contributed by atoms with E-state index in [4.69, 9.17) is 4.52 Å². The van der Waals surface area contributed by atoms with Gasteiger partial charge >= 0.3 is 0 Å². The van der Waals surface area contributed by atoms with Gasteiger partial charge in [-0.3, -0.25) is 9.69 Å². The van der Waals surface area contributed by atoms with Crippen molar-refractivity contribution in [3.63, 3.8) is 0 Å². The van der Waals surface area contributed by atoms with E-state index in [2.05, 4.69) is 56.4 Å². The van der Waals surface area contributed by atoms with E-state index in [-0.39, 0.29) is 24.2 Å². The smallest absolute Gasteiger partial charge is 0.227 e. The summed E-state index contributed by atoms with van der Waals surface area (Å²) in [5.74, 6) is 0.332. The lowest BCUT2D eigenvalue weighted by Gasteiger charge is -2.39. The largest absolute Gasteiger partial charge is 0.369 e. The Hall–Kier alpha value is -3.26. The summed E-state index contributed by atoms with van der Waals surface area (Å²) < 4.78 is 19.0. The van der Waals surface area contributed by atoms with Crippen LogP contribution in [0.3, 0.4) is 0 Å². The molecule has 7 nitrogen and oxygen atoms in total. The summed E-state index contributed by atoms with van der Waals surface area (Å²) in [6.45, 7) is 8.34. The van der Waals surface area contributed by atoms with Gasteiger partial charge in [-0.15, -0.1) is 0 Å². The fraction of sp³-hybridized carbons (Fsp3) is 0.400. The molecular formula is C25H30FN5O2. The third-order valence-corrected chi connectivity index (χ3v) is 6.12. The maximum absolute atomic E-state index is 13.8. The molecule has 1 N–H and O–H groups in total. The van der Waals surface area contributed by atoms with Crippen molar-refractivity contribution in [2.45, 2.75) is 32.7 Å². The number of anilines is 1. The van der Waals surface area contributed by atoms with Crippen LogP contribution < -0.4 is 10.2 Å². The van der Waals surface area contributed by atoms with Crippen molar-refractivity contribution in [1.29, 1.82) is 0 Å². The van der Waals surface area contributed by atoms with Crippen LogP contribution in [-0.2, 0) is 11.2 Å². The molecule has 1 saturated heterocycles. The van der Waals surface area contributed by atoms with Crippen LogP contribution in [0.4, 0.5) is 10.1 Å². The van der Waals surface area contributed by atoms with Gasteiger partial charge in [-0.1, -0.05) is 35.5 Å². The molecule has 33 heavy (non-hydrogen) atoms. The fourth-order valence-electron chi connectivity index (χ4n) is 3.96. The van der Waals surface area contributed by atoms with Crippen molar-refractivity contribution in [3.8, 4) is 11.4 Å². The second-order valence-electron chi connectivity index (χ2n) is 8.49. The highest BCUT2D eigenvalue weighted by molar-refractivity contribution is 5.76. The lowest BCUT2D eigenvalue weighted by molar-refractivity contribution is -0.121. The number of rotatable bonds is 8. The molecule has 1 aliphatic heterocycles. The Kier molecular flexibility index (Phi) is 7.34. The van der Waals surface area contributed by atoms with Gasteiger partial charge in [0.1, 0.15) is 5.82 Å². The predicted octanol–water partition coefficient (Wildman–Crippen LogP) is 3.44. The summed E-state index contributed by atoms with van der Waals surface area (Å²) in [6, 6.07) is 15.5. The fourth-order valence-corrected chi connectivity index (χ4v) is 3.96. The molecule has 2 heterocycles. The maximum atomic E-state index is 13.8. The van der Waals surface area contributed by atoms with Crippen LogP contribution >= 0.6 is 0 Å². The number of piperazine rings is 1. The third-order valence-electron chi connectivity index (χ3n) is 6.12. The number of amides is 1. The number of nitrogens with one attached hydrogen (secondary N) is 1. The Balaban J connectivity index is 1.18. The van der Waals surface area contributed by atoms with Crippen LogP contribution in [0.1, 0.15) is 24.8 Å². The number of halogens is 1. The summed E-state index contributed by atoms with van der Waals surface area (Å²) in [5.41, 5.74) is 2.37. The second-order valence-corrected chi connectivity index (χ2v) is 8.49. The minimum atomic E-state index is -0.311. The number of hydrogen-bond acceptors (Lipinski definition) is 6. The summed E-state index contributed by atoms with van der Waals surface area (Å²) in [7, 11) is 0. The third kappa shape index (κ3) is 5.96. The Labute approximate surface area is 193 Å². The highest BCUT2D eigenvalue weighted by atomic mass is 19.1. The molecule has 1 aromatic heterocycles. The zero-order valence-corrected chi connectivity index (χ0v) is 19.1. The number of carbonyl (C=O) groups is 1. The molecule has 0 saturated carbocycles. The highest BCUT2D eigenvalue weighted by Crippen LogP contribution is 2.19. The van der Waals surface area contributed by atoms with Gasteiger partial charge in [0.2, 0.25) is 17.6 Å². The zero-order chi connectivity index (χ0) is 23.2. The second kappa shape index (κ2) is 10.6. The molecule has 4 rings (SSSR count). The molecule has 8 heteroatoms. The first-order valence-electron chi connectivity index (χ1n) is 11.4. The van der Waals surface area contributed by atoms with Gasteiger partial charge in [-0.2, -0.15) is 4.98 Å². The van der Waals surface area contributed by atoms with E-state index in [1.165, 1.54) is 11.8 Å². The quantitative estimate of drug-likeness (QED) is 0.566. The summed E-state index contributed by atoms with van der Waals surface area (Å²) >= 11 is 0. The molecule has 1 amide bonds. The van der Waals surface area contributed by atoms with Crippen molar-refractivity contribution < 1.29 is 13.7 Å². The standard InChI is InChI=1S/C25H30FN5O2/c1-18-8-9-20(16-22(18)26)25-28-24(33-29-25)11-10-23(32)27-17-19(2)30-12-14-31(15-13-30)21-6-4-3-5-7-21/h3-9,16,19H,10-15,17H2,1-2H3,(H,27,32). The van der Waals surface area contributed by atoms with Crippen molar-refractivity contribution in [1.82, 2.24) is 20.4 Å². The molecule has 0 spiro atoms. The average molecular weight is 452 g/mol. The van der Waals surface area contributed by atoms with E-state index in [0.717, 1.165) is 26.2 Å². The van der Waals surface area contributed by atoms with Gasteiger partial charge in [-0.25, -0.2) is 4.39 Å². The van der Waals surface area contributed by atoms with Crippen LogP contribution in [-0.4, -0.2) is 59.7 Å². The van der Waals surface area contributed by atoms with Crippen LogP contribution in [0.5, 0.6) is 0 Å². The van der Waals surface area contributed by atoms with Crippen molar-refractivity contribution in [2.24, 2.45) is 0 Å². The lowest BCUT2D eigenvalue weighted by atomic mass is 10.1. The number of aromatic nitrogens is 2. The molecule has 3 aromatic rings. The summed E-state index contributed by atoms with van der Waals surface area (Å²) in [6.07, 6.45) is 0.607. The number of nitrogens with zero attached hydrogens (tertiary/aromatic N) is 4. The molecule has 0 bridgehead atoms. The minimum absolute atomic E-state index is 0.0501. The van der Waals surface area contributed by atoms with E-state index < -0.39 is 0 Å². The number of aryl methyl sites for hydroxylation is 2. The molecule has 1 fully saturated rings. The molecule has 0 aliphatic carbocycles. The predicted molar refractivity (Wildman–Crippen MR) is 125 cm³/mol. The van der Waals surface area contributed by atoms with E-state index in [1.54, 1.807) is 19.1 Å². The summed E-state index contributed by atoms with van der Waals surface area (Å²) in [4.78, 5) is 21.4.